The van der Waals surface area contributed by atoms with Crippen molar-refractivity contribution < 1.29 is 24.2 Å². The minimum atomic E-state index is -0.525. The molecule has 3 atom stereocenters. The number of carbonyl (C=O) groups excluding carboxylic acids is 2. The first-order chi connectivity index (χ1) is 21.5. The molecule has 3 aromatic rings. The summed E-state index contributed by atoms with van der Waals surface area (Å²) >= 11 is 0. The van der Waals surface area contributed by atoms with Crippen LogP contribution in [-0.2, 0) is 25.7 Å². The van der Waals surface area contributed by atoms with E-state index in [1.807, 2.05) is 60.7 Å². The largest absolute Gasteiger partial charge is 0.397 e. The maximum Gasteiger partial charge on any atom is 0.224 e. The molecule has 0 radical (unpaired) electrons. The number of aliphatic hydroxyl groups excluding tert-OH is 1. The molecule has 9 heteroatoms. The lowest BCUT2D eigenvalue weighted by Crippen LogP contribution is -2.41. The van der Waals surface area contributed by atoms with Crippen LogP contribution in [0, 0.1) is 0 Å². The van der Waals surface area contributed by atoms with Gasteiger partial charge in [-0.15, -0.1) is 0 Å². The van der Waals surface area contributed by atoms with Gasteiger partial charge in [0.1, 0.15) is 0 Å². The maximum absolute atomic E-state index is 12.6. The highest BCUT2D eigenvalue weighted by Crippen LogP contribution is 2.38. The van der Waals surface area contributed by atoms with E-state index in [2.05, 4.69) is 15.5 Å². The number of ether oxygens (including phenoxy) is 2. The van der Waals surface area contributed by atoms with Crippen LogP contribution in [0.1, 0.15) is 80.5 Å². The van der Waals surface area contributed by atoms with Crippen LogP contribution < -0.4 is 16.4 Å². The number of likely N-dealkylation sites (tertiary alicyclic amines) is 1. The summed E-state index contributed by atoms with van der Waals surface area (Å²) in [7, 11) is 0. The first-order valence-electron chi connectivity index (χ1n) is 15.7. The smallest absolute Gasteiger partial charge is 0.224 e. The molecule has 2 fully saturated rings. The first-order valence-corrected chi connectivity index (χ1v) is 15.7. The van der Waals surface area contributed by atoms with Crippen LogP contribution in [0.25, 0.3) is 0 Å². The van der Waals surface area contributed by atoms with E-state index in [4.69, 9.17) is 15.2 Å². The van der Waals surface area contributed by atoms with Crippen LogP contribution in [0.5, 0.6) is 0 Å². The number of carbonyl (C=O) groups is 2. The topological polar surface area (TPSA) is 126 Å². The van der Waals surface area contributed by atoms with Crippen molar-refractivity contribution in [1.29, 1.82) is 0 Å². The van der Waals surface area contributed by atoms with Crippen molar-refractivity contribution in [3.8, 4) is 0 Å². The summed E-state index contributed by atoms with van der Waals surface area (Å²) in [4.78, 5) is 27.3. The zero-order valence-electron chi connectivity index (χ0n) is 25.3. The highest BCUT2D eigenvalue weighted by Gasteiger charge is 2.33. The number of piperidine rings is 1. The Morgan fingerprint density at radius 3 is 2.16 bits per heavy atom. The third kappa shape index (κ3) is 9.12. The van der Waals surface area contributed by atoms with Crippen molar-refractivity contribution in [3.63, 3.8) is 0 Å². The molecule has 0 unspecified atom stereocenters. The van der Waals surface area contributed by atoms with Crippen molar-refractivity contribution in [1.82, 2.24) is 4.90 Å². The molecule has 0 aromatic heterocycles. The maximum atomic E-state index is 12.6. The van der Waals surface area contributed by atoms with Crippen LogP contribution in [0.4, 0.5) is 17.1 Å². The average molecular weight is 601 g/mol. The Morgan fingerprint density at radius 2 is 1.48 bits per heavy atom. The number of nitrogen functional groups attached to an aromatic ring is 1. The van der Waals surface area contributed by atoms with E-state index >= 15 is 0 Å². The Morgan fingerprint density at radius 1 is 0.818 bits per heavy atom. The standard InChI is InChI=1S/C35H44N4O5/c36-30-8-2-3-9-31(30)38-34(42)11-5-4-10-33(41)37-28-18-16-27(17-19-28)35-43-29(23-39-20-6-1-7-21-39)22-32(44-35)26-14-12-25(24-40)13-15-26/h2-3,8-9,12-19,29,32,35,40H,1,4-7,10-11,20-24,36H2,(H,37,41)(H,38,42)/t29-,32+,35+/m0/s1. The van der Waals surface area contributed by atoms with Crippen LogP contribution in [0.2, 0.25) is 0 Å². The van der Waals surface area contributed by atoms with Crippen LogP contribution >= 0.6 is 0 Å². The highest BCUT2D eigenvalue weighted by atomic mass is 16.7. The molecule has 3 aromatic carbocycles. The minimum Gasteiger partial charge on any atom is -0.397 e. The lowest BCUT2D eigenvalue weighted by molar-refractivity contribution is -0.253. The first kappa shape index (κ1) is 31.7. The van der Waals surface area contributed by atoms with Gasteiger partial charge < -0.3 is 35.8 Å². The molecule has 0 saturated carbocycles. The van der Waals surface area contributed by atoms with Crippen LogP contribution in [0.15, 0.2) is 72.8 Å². The second-order valence-corrected chi connectivity index (χ2v) is 11.7. The summed E-state index contributed by atoms with van der Waals surface area (Å²) < 4.78 is 13.0. The molecule has 234 valence electrons. The van der Waals surface area contributed by atoms with Gasteiger partial charge in [-0.3, -0.25) is 9.59 Å². The van der Waals surface area contributed by atoms with Gasteiger partial charge in [-0.25, -0.2) is 0 Å². The van der Waals surface area contributed by atoms with Crippen LogP contribution in [0.3, 0.4) is 0 Å². The number of rotatable bonds is 12. The Labute approximate surface area is 259 Å². The van der Waals surface area contributed by atoms with Gasteiger partial charge in [0.05, 0.1) is 30.2 Å². The van der Waals surface area contributed by atoms with Gasteiger partial charge in [0.25, 0.3) is 0 Å². The van der Waals surface area contributed by atoms with Gasteiger partial charge in [0, 0.05) is 37.1 Å². The number of hydrogen-bond donors (Lipinski definition) is 4. The number of benzene rings is 3. The summed E-state index contributed by atoms with van der Waals surface area (Å²) in [6, 6.07) is 22.7. The number of hydrogen-bond acceptors (Lipinski definition) is 7. The minimum absolute atomic E-state index is 0.0137. The average Bonchev–Trinajstić information content (AvgIpc) is 3.05. The monoisotopic (exact) mass is 600 g/mol. The van der Waals surface area contributed by atoms with E-state index in [0.717, 1.165) is 42.7 Å². The van der Waals surface area contributed by atoms with Crippen molar-refractivity contribution in [2.45, 2.75) is 76.5 Å². The van der Waals surface area contributed by atoms with Crippen molar-refractivity contribution in [2.24, 2.45) is 0 Å². The van der Waals surface area contributed by atoms with Gasteiger partial charge in [-0.1, -0.05) is 55.0 Å². The number of nitrogens with zero attached hydrogens (tertiary/aromatic N) is 1. The summed E-state index contributed by atoms with van der Waals surface area (Å²) in [5, 5.41) is 15.2. The normalized spacial score (nSPS) is 20.6. The molecule has 5 N–H and O–H groups in total. The van der Waals surface area contributed by atoms with Crippen molar-refractivity contribution >= 4 is 28.9 Å². The molecular weight excluding hydrogens is 556 g/mol. The molecule has 0 bridgehead atoms. The number of unbranched alkanes of at least 4 members (excludes halogenated alkanes) is 1. The second kappa shape index (κ2) is 15.8. The Bertz CT molecular complexity index is 1360. The Hall–Kier alpha value is -3.76. The molecule has 2 heterocycles. The van der Waals surface area contributed by atoms with E-state index < -0.39 is 6.29 Å². The van der Waals surface area contributed by atoms with Crippen LogP contribution in [-0.4, -0.2) is 47.6 Å². The highest BCUT2D eigenvalue weighted by molar-refractivity contribution is 5.94. The SMILES string of the molecule is Nc1ccccc1NC(=O)CCCCC(=O)Nc1ccc([C@@H]2O[C@H](CN3CCCCC3)C[C@H](c3ccc(CO)cc3)O2)cc1. The third-order valence-corrected chi connectivity index (χ3v) is 8.28. The molecule has 2 aliphatic rings. The molecule has 9 nitrogen and oxygen atoms in total. The quantitative estimate of drug-likeness (QED) is 0.150. The molecule has 44 heavy (non-hydrogen) atoms. The predicted octanol–water partition coefficient (Wildman–Crippen LogP) is 5.93. The van der Waals surface area contributed by atoms with Crippen molar-refractivity contribution in [2.75, 3.05) is 36.0 Å². The number of nitrogens with two attached hydrogens (primary N) is 1. The zero-order valence-corrected chi connectivity index (χ0v) is 25.3. The predicted molar refractivity (Wildman–Crippen MR) is 172 cm³/mol. The molecule has 2 saturated heterocycles. The molecule has 2 amide bonds. The van der Waals surface area contributed by atoms with Gasteiger partial charge in [0.2, 0.25) is 11.8 Å². The number of amides is 2. The Balaban J connectivity index is 1.12. The van der Waals surface area contributed by atoms with E-state index in [1.54, 1.807) is 12.1 Å². The van der Waals surface area contributed by atoms with E-state index in [-0.39, 0.29) is 30.6 Å². The molecule has 2 aliphatic heterocycles. The summed E-state index contributed by atoms with van der Waals surface area (Å²) in [5.41, 5.74) is 10.6. The molecule has 5 rings (SSSR count). The van der Waals surface area contributed by atoms with E-state index in [9.17, 15) is 14.7 Å². The molecule has 0 aliphatic carbocycles. The number of nitrogens with one attached hydrogen (secondary N) is 2. The van der Waals surface area contributed by atoms with Crippen molar-refractivity contribution in [3.05, 3.63) is 89.5 Å². The second-order valence-electron chi connectivity index (χ2n) is 11.7. The lowest BCUT2D eigenvalue weighted by atomic mass is 9.99. The number of para-hydroxylation sites is 2. The zero-order chi connectivity index (χ0) is 30.7. The van der Waals surface area contributed by atoms with E-state index in [1.165, 1.54) is 19.3 Å². The summed E-state index contributed by atoms with van der Waals surface area (Å²) in [6.45, 7) is 3.10. The fraction of sp³-hybridized carbons (Fsp3) is 0.429. The fourth-order valence-electron chi connectivity index (χ4n) is 5.80. The fourth-order valence-corrected chi connectivity index (χ4v) is 5.80. The van der Waals surface area contributed by atoms with Gasteiger partial charge in [-0.05, 0) is 74.2 Å². The van der Waals surface area contributed by atoms with Gasteiger partial charge >= 0.3 is 0 Å². The number of anilines is 3. The molecule has 0 spiro atoms. The number of aliphatic hydroxyl groups is 1. The van der Waals surface area contributed by atoms with Gasteiger partial charge in [-0.2, -0.15) is 0 Å². The third-order valence-electron chi connectivity index (χ3n) is 8.28. The summed E-state index contributed by atoms with van der Waals surface area (Å²) in [5.74, 6) is -0.211. The van der Waals surface area contributed by atoms with Gasteiger partial charge in [0.15, 0.2) is 6.29 Å². The Kier molecular flexibility index (Phi) is 11.4. The lowest BCUT2D eigenvalue weighted by Gasteiger charge is -2.39. The van der Waals surface area contributed by atoms with E-state index in [0.29, 0.717) is 42.7 Å². The summed E-state index contributed by atoms with van der Waals surface area (Å²) in [6.07, 6.45) is 5.74. The molecular formula is C35H44N4O5.